The maximum absolute atomic E-state index is 11.7. The van der Waals surface area contributed by atoms with Gasteiger partial charge in [-0.25, -0.2) is 0 Å². The van der Waals surface area contributed by atoms with Crippen LogP contribution < -0.4 is 15.8 Å². The summed E-state index contributed by atoms with van der Waals surface area (Å²) in [5.41, 5.74) is 6.47. The molecule has 0 aromatic heterocycles. The van der Waals surface area contributed by atoms with Gasteiger partial charge in [0.05, 0.1) is 18.2 Å². The zero-order chi connectivity index (χ0) is 16.0. The van der Waals surface area contributed by atoms with Gasteiger partial charge in [-0.2, -0.15) is 0 Å². The quantitative estimate of drug-likeness (QED) is 0.713. The summed E-state index contributed by atoms with van der Waals surface area (Å²) < 4.78 is 5.54. The molecule has 4 N–H and O–H groups in total. The van der Waals surface area contributed by atoms with E-state index in [1.807, 2.05) is 27.7 Å². The molecule has 5 nitrogen and oxygen atoms in total. The van der Waals surface area contributed by atoms with Crippen LogP contribution in [0.3, 0.4) is 0 Å². The topological polar surface area (TPSA) is 84.6 Å². The van der Waals surface area contributed by atoms with Gasteiger partial charge in [-0.3, -0.25) is 4.79 Å². The minimum atomic E-state index is -0.763. The van der Waals surface area contributed by atoms with Gasteiger partial charge < -0.3 is 20.9 Å². The lowest BCUT2D eigenvalue weighted by atomic mass is 10.0. The van der Waals surface area contributed by atoms with Gasteiger partial charge in [-0.05, 0) is 37.5 Å². The second-order valence-corrected chi connectivity index (χ2v) is 5.77. The first-order chi connectivity index (χ1) is 9.81. The van der Waals surface area contributed by atoms with Crippen molar-refractivity contribution >= 4 is 5.91 Å². The number of carbonyl (C=O) groups excluding carboxylic acids is 1. The first kappa shape index (κ1) is 17.5. The van der Waals surface area contributed by atoms with Gasteiger partial charge in [-0.15, -0.1) is 0 Å². The molecule has 0 saturated carbocycles. The fourth-order valence-corrected chi connectivity index (χ4v) is 1.78. The van der Waals surface area contributed by atoms with Crippen LogP contribution in [0, 0.1) is 5.92 Å². The Hall–Kier alpha value is -1.59. The van der Waals surface area contributed by atoms with Crippen LogP contribution in [0.1, 0.15) is 39.4 Å². The van der Waals surface area contributed by atoms with Gasteiger partial charge in [0.2, 0.25) is 5.91 Å². The summed E-state index contributed by atoms with van der Waals surface area (Å²) in [4.78, 5) is 11.7. The Kier molecular flexibility index (Phi) is 6.65. The summed E-state index contributed by atoms with van der Waals surface area (Å²) in [6, 6.07) is 6.63. The Bertz CT molecular complexity index is 443. The van der Waals surface area contributed by atoms with E-state index in [4.69, 9.17) is 10.5 Å². The van der Waals surface area contributed by atoms with Crippen LogP contribution in [0.25, 0.3) is 0 Å². The third kappa shape index (κ3) is 5.73. The first-order valence-electron chi connectivity index (χ1n) is 7.29. The number of hydrogen-bond donors (Lipinski definition) is 3. The zero-order valence-electron chi connectivity index (χ0n) is 13.2. The van der Waals surface area contributed by atoms with Crippen molar-refractivity contribution in [1.82, 2.24) is 5.32 Å². The molecule has 0 aliphatic heterocycles. The lowest BCUT2D eigenvalue weighted by Gasteiger charge is -2.18. The summed E-state index contributed by atoms with van der Waals surface area (Å²) in [5.74, 6) is 0.574. The van der Waals surface area contributed by atoms with Crippen LogP contribution in [0.4, 0.5) is 0 Å². The molecule has 1 unspecified atom stereocenters. The smallest absolute Gasteiger partial charge is 0.237 e. The van der Waals surface area contributed by atoms with Crippen molar-refractivity contribution in [2.24, 2.45) is 11.7 Å². The molecule has 0 fully saturated rings. The van der Waals surface area contributed by atoms with E-state index in [2.05, 4.69) is 5.32 Å². The Morgan fingerprint density at radius 3 is 2.29 bits per heavy atom. The van der Waals surface area contributed by atoms with E-state index in [9.17, 15) is 9.90 Å². The minimum absolute atomic E-state index is 0.0645. The molecule has 21 heavy (non-hydrogen) atoms. The van der Waals surface area contributed by atoms with Crippen LogP contribution in [0.2, 0.25) is 0 Å². The first-order valence-corrected chi connectivity index (χ1v) is 7.29. The number of carbonyl (C=O) groups is 1. The van der Waals surface area contributed by atoms with E-state index in [0.717, 1.165) is 11.3 Å². The summed E-state index contributed by atoms with van der Waals surface area (Å²) in [6.07, 6.45) is -0.654. The average Bonchev–Trinajstić information content (AvgIpc) is 2.43. The van der Waals surface area contributed by atoms with Crippen LogP contribution >= 0.6 is 0 Å². The van der Waals surface area contributed by atoms with Crippen LogP contribution in [0.5, 0.6) is 5.75 Å². The minimum Gasteiger partial charge on any atom is -0.491 e. The Labute approximate surface area is 126 Å². The lowest BCUT2D eigenvalue weighted by Crippen LogP contribution is -2.45. The van der Waals surface area contributed by atoms with E-state index >= 15 is 0 Å². The number of aliphatic hydroxyl groups excluding tert-OH is 1. The van der Waals surface area contributed by atoms with Gasteiger partial charge in [0.1, 0.15) is 5.75 Å². The fraction of sp³-hybridized carbons (Fsp3) is 0.562. The molecular weight excluding hydrogens is 268 g/mol. The SMILES string of the molecule is CC(C)Oc1ccc(C(O)CNC(=O)[C@@H](N)C(C)C)cc1. The van der Waals surface area contributed by atoms with Crippen molar-refractivity contribution in [2.75, 3.05) is 6.54 Å². The lowest BCUT2D eigenvalue weighted by molar-refractivity contribution is -0.123. The standard InChI is InChI=1S/C16H26N2O3/c1-10(2)15(17)16(20)18-9-14(19)12-5-7-13(8-6-12)21-11(3)4/h5-8,10-11,14-15,19H,9,17H2,1-4H3,(H,18,20)/t14?,15-/m0/s1. The number of aliphatic hydroxyl groups is 1. The predicted molar refractivity (Wildman–Crippen MR) is 83.0 cm³/mol. The van der Waals surface area contributed by atoms with Gasteiger partial charge in [0, 0.05) is 6.54 Å². The summed E-state index contributed by atoms with van der Waals surface area (Å²) in [7, 11) is 0. The zero-order valence-corrected chi connectivity index (χ0v) is 13.2. The van der Waals surface area contributed by atoms with Crippen molar-refractivity contribution in [3.05, 3.63) is 29.8 Å². The molecule has 0 aliphatic rings. The highest BCUT2D eigenvalue weighted by Crippen LogP contribution is 2.18. The van der Waals surface area contributed by atoms with E-state index in [-0.39, 0.29) is 24.5 Å². The summed E-state index contributed by atoms with van der Waals surface area (Å²) in [5, 5.41) is 12.7. The van der Waals surface area contributed by atoms with Crippen molar-refractivity contribution in [3.8, 4) is 5.75 Å². The van der Waals surface area contributed by atoms with E-state index in [0.29, 0.717) is 0 Å². The van der Waals surface area contributed by atoms with Gasteiger partial charge in [0.15, 0.2) is 0 Å². The molecule has 5 heteroatoms. The molecule has 1 rings (SSSR count). The fourth-order valence-electron chi connectivity index (χ4n) is 1.78. The molecule has 0 bridgehead atoms. The highest BCUT2D eigenvalue weighted by molar-refractivity contribution is 5.81. The van der Waals surface area contributed by atoms with Crippen LogP contribution in [0.15, 0.2) is 24.3 Å². The third-order valence-electron chi connectivity index (χ3n) is 3.13. The number of amides is 1. The Balaban J connectivity index is 2.52. The van der Waals surface area contributed by atoms with Crippen molar-refractivity contribution < 1.29 is 14.6 Å². The molecule has 0 spiro atoms. The predicted octanol–water partition coefficient (Wildman–Crippen LogP) is 1.61. The number of nitrogens with two attached hydrogens (primary N) is 1. The maximum atomic E-state index is 11.7. The van der Waals surface area contributed by atoms with E-state index in [1.165, 1.54) is 0 Å². The molecule has 1 amide bonds. The van der Waals surface area contributed by atoms with Crippen molar-refractivity contribution in [2.45, 2.75) is 45.9 Å². The highest BCUT2D eigenvalue weighted by Gasteiger charge is 2.18. The monoisotopic (exact) mass is 294 g/mol. The second-order valence-electron chi connectivity index (χ2n) is 5.77. The number of benzene rings is 1. The average molecular weight is 294 g/mol. The maximum Gasteiger partial charge on any atom is 0.237 e. The molecular formula is C16H26N2O3. The highest BCUT2D eigenvalue weighted by atomic mass is 16.5. The molecule has 0 saturated heterocycles. The van der Waals surface area contributed by atoms with Gasteiger partial charge in [-0.1, -0.05) is 26.0 Å². The van der Waals surface area contributed by atoms with Crippen molar-refractivity contribution in [1.29, 1.82) is 0 Å². The molecule has 1 aromatic carbocycles. The third-order valence-corrected chi connectivity index (χ3v) is 3.13. The largest absolute Gasteiger partial charge is 0.491 e. The molecule has 0 aliphatic carbocycles. The van der Waals surface area contributed by atoms with Crippen LogP contribution in [-0.4, -0.2) is 29.7 Å². The molecule has 0 radical (unpaired) electrons. The summed E-state index contributed by atoms with van der Waals surface area (Å²) >= 11 is 0. The second kappa shape index (κ2) is 8.00. The molecule has 1 aromatic rings. The van der Waals surface area contributed by atoms with E-state index < -0.39 is 12.1 Å². The number of hydrogen-bond acceptors (Lipinski definition) is 4. The number of ether oxygens (including phenoxy) is 1. The Morgan fingerprint density at radius 1 is 1.24 bits per heavy atom. The molecule has 118 valence electrons. The van der Waals surface area contributed by atoms with Crippen LogP contribution in [-0.2, 0) is 4.79 Å². The van der Waals surface area contributed by atoms with Gasteiger partial charge in [0.25, 0.3) is 0 Å². The van der Waals surface area contributed by atoms with Crippen molar-refractivity contribution in [3.63, 3.8) is 0 Å². The molecule has 0 heterocycles. The molecule has 2 atom stereocenters. The van der Waals surface area contributed by atoms with Gasteiger partial charge >= 0.3 is 0 Å². The number of rotatable bonds is 7. The Morgan fingerprint density at radius 2 is 1.81 bits per heavy atom. The summed E-state index contributed by atoms with van der Waals surface area (Å²) in [6.45, 7) is 7.82. The van der Waals surface area contributed by atoms with E-state index in [1.54, 1.807) is 24.3 Å². The number of nitrogens with one attached hydrogen (secondary N) is 1. The normalized spacial score (nSPS) is 14.1.